The normalized spacial score (nSPS) is 11.0. The first-order valence-corrected chi connectivity index (χ1v) is 11.4. The molecule has 0 saturated heterocycles. The number of nitrogens with zero attached hydrogens (tertiary/aromatic N) is 3. The Balaban J connectivity index is 1.40. The van der Waals surface area contributed by atoms with E-state index in [0.29, 0.717) is 33.8 Å². The molecule has 0 spiro atoms. The van der Waals surface area contributed by atoms with Crippen LogP contribution in [0.2, 0.25) is 5.02 Å². The van der Waals surface area contributed by atoms with Crippen LogP contribution in [0.5, 0.6) is 5.75 Å². The van der Waals surface area contributed by atoms with Crippen LogP contribution in [-0.4, -0.2) is 21.9 Å². The Labute approximate surface area is 202 Å². The van der Waals surface area contributed by atoms with E-state index in [0.717, 1.165) is 41.0 Å². The van der Waals surface area contributed by atoms with Gasteiger partial charge in [-0.25, -0.2) is 0 Å². The SMILES string of the molecule is CCCOc1ccc(-c2ccc(-c3noc(-c4c(-c5ccccc5Cl)noc4C)n3)cc2)cc1. The van der Waals surface area contributed by atoms with Gasteiger partial charge in [0.15, 0.2) is 0 Å². The largest absolute Gasteiger partial charge is 0.494 e. The van der Waals surface area contributed by atoms with Crippen LogP contribution in [0.4, 0.5) is 0 Å². The van der Waals surface area contributed by atoms with E-state index in [2.05, 4.69) is 34.4 Å². The van der Waals surface area contributed by atoms with Crippen molar-refractivity contribution in [3.63, 3.8) is 0 Å². The molecule has 2 heterocycles. The summed E-state index contributed by atoms with van der Waals surface area (Å²) in [6, 6.07) is 23.5. The summed E-state index contributed by atoms with van der Waals surface area (Å²) in [5.41, 5.74) is 4.98. The van der Waals surface area contributed by atoms with Crippen molar-refractivity contribution >= 4 is 11.6 Å². The second-order valence-electron chi connectivity index (χ2n) is 7.82. The van der Waals surface area contributed by atoms with Crippen molar-refractivity contribution in [1.82, 2.24) is 15.3 Å². The molecule has 0 aliphatic heterocycles. The number of hydrogen-bond donors (Lipinski definition) is 0. The lowest BCUT2D eigenvalue weighted by Crippen LogP contribution is -1.94. The van der Waals surface area contributed by atoms with E-state index in [1.807, 2.05) is 54.6 Å². The van der Waals surface area contributed by atoms with E-state index >= 15 is 0 Å². The lowest BCUT2D eigenvalue weighted by atomic mass is 10.0. The number of ether oxygens (including phenoxy) is 1. The van der Waals surface area contributed by atoms with Gasteiger partial charge >= 0.3 is 0 Å². The first-order valence-electron chi connectivity index (χ1n) is 11.0. The van der Waals surface area contributed by atoms with Gasteiger partial charge in [-0.2, -0.15) is 4.98 Å². The maximum absolute atomic E-state index is 6.37. The van der Waals surface area contributed by atoms with Gasteiger partial charge in [-0.1, -0.05) is 83.4 Å². The molecular formula is C27H22ClN3O3. The summed E-state index contributed by atoms with van der Waals surface area (Å²) < 4.78 is 16.7. The molecular weight excluding hydrogens is 450 g/mol. The minimum atomic E-state index is 0.329. The monoisotopic (exact) mass is 471 g/mol. The van der Waals surface area contributed by atoms with Crippen LogP contribution >= 0.6 is 11.6 Å². The molecule has 0 atom stereocenters. The van der Waals surface area contributed by atoms with Gasteiger partial charge in [-0.05, 0) is 42.7 Å². The zero-order chi connectivity index (χ0) is 23.5. The fraction of sp³-hybridized carbons (Fsp3) is 0.148. The molecule has 0 amide bonds. The van der Waals surface area contributed by atoms with Crippen LogP contribution in [0.3, 0.4) is 0 Å². The highest BCUT2D eigenvalue weighted by Crippen LogP contribution is 2.37. The Morgan fingerprint density at radius 3 is 2.21 bits per heavy atom. The number of rotatable bonds is 7. The topological polar surface area (TPSA) is 74.2 Å². The minimum Gasteiger partial charge on any atom is -0.494 e. The van der Waals surface area contributed by atoms with Gasteiger partial charge in [-0.15, -0.1) is 0 Å². The van der Waals surface area contributed by atoms with Crippen molar-refractivity contribution in [2.75, 3.05) is 6.61 Å². The van der Waals surface area contributed by atoms with E-state index in [1.165, 1.54) is 0 Å². The molecule has 5 aromatic rings. The lowest BCUT2D eigenvalue weighted by Gasteiger charge is -2.06. The quantitative estimate of drug-likeness (QED) is 0.245. The highest BCUT2D eigenvalue weighted by molar-refractivity contribution is 6.33. The van der Waals surface area contributed by atoms with E-state index in [9.17, 15) is 0 Å². The predicted molar refractivity (Wildman–Crippen MR) is 132 cm³/mol. The molecule has 5 rings (SSSR count). The molecule has 3 aromatic carbocycles. The maximum atomic E-state index is 6.37. The summed E-state index contributed by atoms with van der Waals surface area (Å²) in [4.78, 5) is 4.60. The van der Waals surface area contributed by atoms with E-state index in [4.69, 9.17) is 25.4 Å². The molecule has 0 N–H and O–H groups in total. The summed E-state index contributed by atoms with van der Waals surface area (Å²) >= 11 is 6.37. The fourth-order valence-corrected chi connectivity index (χ4v) is 3.90. The Bertz CT molecular complexity index is 1410. The second kappa shape index (κ2) is 9.53. The molecule has 170 valence electrons. The summed E-state index contributed by atoms with van der Waals surface area (Å²) in [5, 5.41) is 8.92. The molecule has 0 saturated carbocycles. The number of aryl methyl sites for hydroxylation is 1. The Morgan fingerprint density at radius 2 is 1.50 bits per heavy atom. The van der Waals surface area contributed by atoms with Crippen molar-refractivity contribution in [2.45, 2.75) is 20.3 Å². The van der Waals surface area contributed by atoms with Gasteiger partial charge in [0.25, 0.3) is 5.89 Å². The van der Waals surface area contributed by atoms with E-state index in [-0.39, 0.29) is 0 Å². The predicted octanol–water partition coefficient (Wildman–Crippen LogP) is 7.48. The molecule has 34 heavy (non-hydrogen) atoms. The smallest absolute Gasteiger partial charge is 0.264 e. The Morgan fingerprint density at radius 1 is 0.824 bits per heavy atom. The number of aromatic nitrogens is 3. The third-order valence-electron chi connectivity index (χ3n) is 5.44. The van der Waals surface area contributed by atoms with Crippen LogP contribution in [0, 0.1) is 6.92 Å². The van der Waals surface area contributed by atoms with Crippen molar-refractivity contribution in [3.05, 3.63) is 83.6 Å². The molecule has 0 fully saturated rings. The molecule has 0 aliphatic rings. The summed E-state index contributed by atoms with van der Waals surface area (Å²) in [6.07, 6.45) is 0.985. The molecule has 0 aliphatic carbocycles. The first kappa shape index (κ1) is 21.9. The molecule has 0 bridgehead atoms. The maximum Gasteiger partial charge on any atom is 0.264 e. The average Bonchev–Trinajstić information content (AvgIpc) is 3.50. The number of halogens is 1. The first-order chi connectivity index (χ1) is 16.6. The van der Waals surface area contributed by atoms with Crippen molar-refractivity contribution in [2.24, 2.45) is 0 Å². The van der Waals surface area contributed by atoms with Crippen LogP contribution in [-0.2, 0) is 0 Å². The second-order valence-corrected chi connectivity index (χ2v) is 8.22. The molecule has 7 heteroatoms. The van der Waals surface area contributed by atoms with Crippen LogP contribution < -0.4 is 4.74 Å². The van der Waals surface area contributed by atoms with Crippen molar-refractivity contribution in [1.29, 1.82) is 0 Å². The van der Waals surface area contributed by atoms with Crippen LogP contribution in [0.15, 0.2) is 81.8 Å². The standard InChI is InChI=1S/C27H22ClN3O3/c1-3-16-32-21-14-12-19(13-15-21)18-8-10-20(11-9-18)26-29-27(34-31-26)24-17(2)33-30-25(24)22-6-4-5-7-23(22)28/h4-15H,3,16H2,1-2H3. The zero-order valence-corrected chi connectivity index (χ0v) is 19.5. The molecule has 0 unspecified atom stereocenters. The van der Waals surface area contributed by atoms with Crippen molar-refractivity contribution < 1.29 is 13.8 Å². The van der Waals surface area contributed by atoms with Gasteiger partial charge in [-0.3, -0.25) is 0 Å². The van der Waals surface area contributed by atoms with Gasteiger partial charge in [0.2, 0.25) is 5.82 Å². The van der Waals surface area contributed by atoms with Crippen LogP contribution in [0.25, 0.3) is 45.2 Å². The van der Waals surface area contributed by atoms with Gasteiger partial charge in [0.1, 0.15) is 22.8 Å². The Kier molecular flexibility index (Phi) is 6.14. The van der Waals surface area contributed by atoms with Crippen LogP contribution in [0.1, 0.15) is 19.1 Å². The number of hydrogen-bond acceptors (Lipinski definition) is 6. The summed E-state index contributed by atoms with van der Waals surface area (Å²) in [5.74, 6) is 2.26. The third kappa shape index (κ3) is 4.32. The number of benzene rings is 3. The van der Waals surface area contributed by atoms with E-state index in [1.54, 1.807) is 13.0 Å². The van der Waals surface area contributed by atoms with Gasteiger partial charge < -0.3 is 13.8 Å². The minimum absolute atomic E-state index is 0.329. The summed E-state index contributed by atoms with van der Waals surface area (Å²) in [6.45, 7) is 4.61. The van der Waals surface area contributed by atoms with Gasteiger partial charge in [0.05, 0.1) is 11.6 Å². The van der Waals surface area contributed by atoms with Crippen molar-refractivity contribution in [3.8, 4) is 51.0 Å². The molecule has 0 radical (unpaired) electrons. The lowest BCUT2D eigenvalue weighted by molar-refractivity contribution is 0.317. The highest BCUT2D eigenvalue weighted by atomic mass is 35.5. The Hall–Kier alpha value is -3.90. The summed E-state index contributed by atoms with van der Waals surface area (Å²) in [7, 11) is 0. The fourth-order valence-electron chi connectivity index (χ4n) is 3.68. The zero-order valence-electron chi connectivity index (χ0n) is 18.8. The average molecular weight is 472 g/mol. The third-order valence-corrected chi connectivity index (χ3v) is 5.76. The molecule has 6 nitrogen and oxygen atoms in total. The highest BCUT2D eigenvalue weighted by Gasteiger charge is 2.23. The molecule has 2 aromatic heterocycles. The van der Waals surface area contributed by atoms with E-state index < -0.39 is 0 Å². The van der Waals surface area contributed by atoms with Gasteiger partial charge in [0, 0.05) is 11.1 Å².